The van der Waals surface area contributed by atoms with Gasteiger partial charge in [0.15, 0.2) is 12.4 Å². The topological polar surface area (TPSA) is 47.9 Å². The molecule has 0 bridgehead atoms. The SMILES string of the molecule is CCCCCC(N=COc1ccccc1)C(=O)OC. The summed E-state index contributed by atoms with van der Waals surface area (Å²) in [5, 5.41) is 0. The minimum Gasteiger partial charge on any atom is -0.467 e. The lowest BCUT2D eigenvalue weighted by molar-refractivity contribution is -0.142. The summed E-state index contributed by atoms with van der Waals surface area (Å²) in [6, 6.07) is 8.85. The van der Waals surface area contributed by atoms with Crippen molar-refractivity contribution >= 4 is 12.4 Å². The van der Waals surface area contributed by atoms with Crippen LogP contribution in [0.5, 0.6) is 5.75 Å². The summed E-state index contributed by atoms with van der Waals surface area (Å²) in [6.45, 7) is 2.12. The third kappa shape index (κ3) is 6.04. The van der Waals surface area contributed by atoms with Gasteiger partial charge in [0.2, 0.25) is 0 Å². The second-order valence-electron chi connectivity index (χ2n) is 4.22. The third-order valence-electron chi connectivity index (χ3n) is 2.73. The van der Waals surface area contributed by atoms with E-state index >= 15 is 0 Å². The number of rotatable bonds is 8. The number of hydrogen-bond acceptors (Lipinski definition) is 4. The van der Waals surface area contributed by atoms with Crippen molar-refractivity contribution in [3.63, 3.8) is 0 Å². The van der Waals surface area contributed by atoms with Gasteiger partial charge < -0.3 is 9.47 Å². The molecule has 19 heavy (non-hydrogen) atoms. The number of carbonyl (C=O) groups is 1. The van der Waals surface area contributed by atoms with Crippen LogP contribution in [0.3, 0.4) is 0 Å². The van der Waals surface area contributed by atoms with Crippen molar-refractivity contribution in [2.24, 2.45) is 4.99 Å². The standard InChI is InChI=1S/C15H21NO3/c1-3-4-6-11-14(15(17)18-2)16-12-19-13-9-7-5-8-10-13/h5,7-10,12,14H,3-4,6,11H2,1-2H3. The minimum atomic E-state index is -0.472. The normalized spacial score (nSPS) is 12.3. The molecule has 0 aliphatic rings. The van der Waals surface area contributed by atoms with Crippen LogP contribution in [-0.4, -0.2) is 25.5 Å². The van der Waals surface area contributed by atoms with E-state index in [-0.39, 0.29) is 5.97 Å². The van der Waals surface area contributed by atoms with Gasteiger partial charge in [-0.3, -0.25) is 0 Å². The predicted octanol–water partition coefficient (Wildman–Crippen LogP) is 3.22. The largest absolute Gasteiger partial charge is 0.467 e. The number of aliphatic imine (C=N–C) groups is 1. The zero-order valence-corrected chi connectivity index (χ0v) is 11.5. The molecule has 0 heterocycles. The molecule has 1 atom stereocenters. The monoisotopic (exact) mass is 263 g/mol. The van der Waals surface area contributed by atoms with Crippen molar-refractivity contribution in [2.75, 3.05) is 7.11 Å². The Labute approximate surface area is 114 Å². The van der Waals surface area contributed by atoms with Crippen molar-refractivity contribution in [3.05, 3.63) is 30.3 Å². The molecule has 0 aliphatic carbocycles. The first-order chi connectivity index (χ1) is 9.27. The van der Waals surface area contributed by atoms with Crippen LogP contribution in [-0.2, 0) is 9.53 Å². The van der Waals surface area contributed by atoms with E-state index in [0.29, 0.717) is 12.2 Å². The first-order valence-electron chi connectivity index (χ1n) is 6.59. The number of unbranched alkanes of at least 4 members (excludes halogenated alkanes) is 2. The predicted molar refractivity (Wildman–Crippen MR) is 75.5 cm³/mol. The second kappa shape index (κ2) is 9.14. The molecule has 1 rings (SSSR count). The van der Waals surface area contributed by atoms with Gasteiger partial charge in [0.25, 0.3) is 0 Å². The Morgan fingerprint density at radius 1 is 1.32 bits per heavy atom. The molecular formula is C15H21NO3. The molecule has 0 N–H and O–H groups in total. The Kier molecular flexibility index (Phi) is 7.32. The average Bonchev–Trinajstić information content (AvgIpc) is 2.46. The van der Waals surface area contributed by atoms with Crippen LogP contribution in [0.1, 0.15) is 32.6 Å². The maximum atomic E-state index is 11.6. The van der Waals surface area contributed by atoms with Crippen LogP contribution in [0.25, 0.3) is 0 Å². The van der Waals surface area contributed by atoms with E-state index in [1.165, 1.54) is 13.5 Å². The van der Waals surface area contributed by atoms with Crippen molar-refractivity contribution in [2.45, 2.75) is 38.6 Å². The van der Waals surface area contributed by atoms with E-state index in [1.54, 1.807) is 0 Å². The zero-order valence-electron chi connectivity index (χ0n) is 11.5. The fraction of sp³-hybridized carbons (Fsp3) is 0.467. The summed E-state index contributed by atoms with van der Waals surface area (Å²) in [6.07, 6.45) is 5.16. The molecule has 1 aromatic rings. The van der Waals surface area contributed by atoms with Gasteiger partial charge in [0.1, 0.15) is 5.75 Å². The molecule has 0 radical (unpaired) electrons. The number of methoxy groups -OCH3 is 1. The van der Waals surface area contributed by atoms with E-state index in [9.17, 15) is 4.79 Å². The molecule has 0 fully saturated rings. The van der Waals surface area contributed by atoms with Gasteiger partial charge >= 0.3 is 5.97 Å². The van der Waals surface area contributed by atoms with Crippen LogP contribution in [0.15, 0.2) is 35.3 Å². The smallest absolute Gasteiger partial charge is 0.330 e. The number of para-hydroxylation sites is 1. The molecule has 0 aromatic heterocycles. The van der Waals surface area contributed by atoms with Crippen molar-refractivity contribution < 1.29 is 14.3 Å². The molecule has 4 nitrogen and oxygen atoms in total. The van der Waals surface area contributed by atoms with Gasteiger partial charge in [0, 0.05) is 0 Å². The van der Waals surface area contributed by atoms with Crippen LogP contribution in [0, 0.1) is 0 Å². The summed E-state index contributed by atoms with van der Waals surface area (Å²) in [5.41, 5.74) is 0. The van der Waals surface area contributed by atoms with E-state index < -0.39 is 6.04 Å². The highest BCUT2D eigenvalue weighted by Gasteiger charge is 2.16. The molecule has 0 amide bonds. The number of hydrogen-bond donors (Lipinski definition) is 0. The van der Waals surface area contributed by atoms with E-state index in [0.717, 1.165) is 19.3 Å². The number of ether oxygens (including phenoxy) is 2. The Hall–Kier alpha value is -1.84. The lowest BCUT2D eigenvalue weighted by Crippen LogP contribution is -2.20. The number of benzene rings is 1. The highest BCUT2D eigenvalue weighted by Crippen LogP contribution is 2.10. The molecule has 0 aliphatic heterocycles. The molecule has 104 valence electrons. The third-order valence-corrected chi connectivity index (χ3v) is 2.73. The molecular weight excluding hydrogens is 242 g/mol. The molecule has 1 unspecified atom stereocenters. The van der Waals surface area contributed by atoms with Crippen LogP contribution >= 0.6 is 0 Å². The van der Waals surface area contributed by atoms with Crippen LogP contribution in [0.4, 0.5) is 0 Å². The van der Waals surface area contributed by atoms with Gasteiger partial charge in [-0.25, -0.2) is 9.79 Å². The Bertz CT molecular complexity index is 390. The van der Waals surface area contributed by atoms with E-state index in [2.05, 4.69) is 11.9 Å². The average molecular weight is 263 g/mol. The van der Waals surface area contributed by atoms with Crippen molar-refractivity contribution in [1.82, 2.24) is 0 Å². The van der Waals surface area contributed by atoms with Crippen molar-refractivity contribution in [1.29, 1.82) is 0 Å². The number of carbonyl (C=O) groups excluding carboxylic acids is 1. The fourth-order valence-corrected chi connectivity index (χ4v) is 1.64. The second-order valence-corrected chi connectivity index (χ2v) is 4.22. The maximum absolute atomic E-state index is 11.6. The first-order valence-corrected chi connectivity index (χ1v) is 6.59. The summed E-state index contributed by atoms with van der Waals surface area (Å²) >= 11 is 0. The Morgan fingerprint density at radius 3 is 2.68 bits per heavy atom. The molecule has 1 aromatic carbocycles. The number of nitrogens with zero attached hydrogens (tertiary/aromatic N) is 1. The van der Waals surface area contributed by atoms with Crippen LogP contribution in [0.2, 0.25) is 0 Å². The molecule has 4 heteroatoms. The highest BCUT2D eigenvalue weighted by molar-refractivity contribution is 5.77. The highest BCUT2D eigenvalue weighted by atomic mass is 16.5. The lowest BCUT2D eigenvalue weighted by Gasteiger charge is -2.09. The molecule has 0 saturated carbocycles. The van der Waals surface area contributed by atoms with Gasteiger partial charge in [-0.2, -0.15) is 0 Å². The van der Waals surface area contributed by atoms with Crippen molar-refractivity contribution in [3.8, 4) is 5.75 Å². The fourth-order valence-electron chi connectivity index (χ4n) is 1.64. The number of esters is 1. The molecule has 0 saturated heterocycles. The maximum Gasteiger partial charge on any atom is 0.330 e. The summed E-state index contributed by atoms with van der Waals surface area (Å²) in [5.74, 6) is 0.382. The Balaban J connectivity index is 2.49. The van der Waals surface area contributed by atoms with Gasteiger partial charge in [-0.15, -0.1) is 0 Å². The Morgan fingerprint density at radius 2 is 2.05 bits per heavy atom. The van der Waals surface area contributed by atoms with E-state index in [4.69, 9.17) is 9.47 Å². The minimum absolute atomic E-state index is 0.316. The summed E-state index contributed by atoms with van der Waals surface area (Å²) in [4.78, 5) is 15.7. The zero-order chi connectivity index (χ0) is 13.9. The van der Waals surface area contributed by atoms with Gasteiger partial charge in [-0.05, 0) is 18.6 Å². The quantitative estimate of drug-likeness (QED) is 0.313. The lowest BCUT2D eigenvalue weighted by atomic mass is 10.1. The van der Waals surface area contributed by atoms with Gasteiger partial charge in [0.05, 0.1) is 7.11 Å². The first kappa shape index (κ1) is 15.2. The summed E-state index contributed by atoms with van der Waals surface area (Å²) < 4.78 is 10.1. The van der Waals surface area contributed by atoms with E-state index in [1.807, 2.05) is 30.3 Å². The van der Waals surface area contributed by atoms with Gasteiger partial charge in [-0.1, -0.05) is 44.4 Å². The molecule has 0 spiro atoms. The summed E-state index contributed by atoms with van der Waals surface area (Å²) in [7, 11) is 1.38. The van der Waals surface area contributed by atoms with Crippen LogP contribution < -0.4 is 4.74 Å².